The van der Waals surface area contributed by atoms with Crippen molar-refractivity contribution in [3.8, 4) is 0 Å². The first-order chi connectivity index (χ1) is 5.29. The Morgan fingerprint density at radius 2 is 2.45 bits per heavy atom. The zero-order valence-corrected chi connectivity index (χ0v) is 5.37. The molecule has 2 heterocycles. The number of aromatic nitrogens is 2. The average Bonchev–Trinajstić information content (AvgIpc) is 2.45. The highest BCUT2D eigenvalue weighted by Gasteiger charge is 2.23. The topological polar surface area (TPSA) is 85.6 Å². The Morgan fingerprint density at radius 1 is 1.64 bits per heavy atom. The molecule has 1 amide bonds. The van der Waals surface area contributed by atoms with Crippen molar-refractivity contribution in [1.29, 1.82) is 0 Å². The number of rotatable bonds is 0. The first-order valence-corrected chi connectivity index (χ1v) is 2.95. The van der Waals surface area contributed by atoms with Gasteiger partial charge in [0.15, 0.2) is 17.9 Å². The van der Waals surface area contributed by atoms with Crippen LogP contribution in [0.5, 0.6) is 0 Å². The van der Waals surface area contributed by atoms with Gasteiger partial charge in [-0.25, -0.2) is 9.78 Å². The van der Waals surface area contributed by atoms with E-state index in [4.69, 9.17) is 0 Å². The van der Waals surface area contributed by atoms with Gasteiger partial charge in [0.1, 0.15) is 0 Å². The lowest BCUT2D eigenvalue weighted by molar-refractivity contribution is -0.641. The van der Waals surface area contributed by atoms with Gasteiger partial charge in [0.05, 0.1) is 6.33 Å². The van der Waals surface area contributed by atoms with Gasteiger partial charge in [-0.05, 0) is 0 Å². The number of fused-ring (bicyclic) bond motifs is 1. The fraction of sp³-hybridized carbons (Fsp3) is 0. The summed E-state index contributed by atoms with van der Waals surface area (Å²) in [5.74, 6) is -0.290. The van der Waals surface area contributed by atoms with Crippen LogP contribution in [0.1, 0.15) is 10.5 Å². The molecule has 2 N–H and O–H groups in total. The molecule has 0 aliphatic carbocycles. The van der Waals surface area contributed by atoms with Crippen molar-refractivity contribution in [2.75, 3.05) is 0 Å². The number of amides is 1. The monoisotopic (exact) mass is 152 g/mol. The molecule has 1 aromatic rings. The zero-order chi connectivity index (χ0) is 7.84. The van der Waals surface area contributed by atoms with Gasteiger partial charge in [0.25, 0.3) is 0 Å². The summed E-state index contributed by atoms with van der Waals surface area (Å²) in [6.07, 6.45) is 2.31. The van der Waals surface area contributed by atoms with Crippen molar-refractivity contribution in [2.45, 2.75) is 0 Å². The number of nitrogens with one attached hydrogen (secondary N) is 2. The molecule has 0 radical (unpaired) electrons. The number of hydrogen-bond acceptors (Lipinski definition) is 4. The van der Waals surface area contributed by atoms with Gasteiger partial charge in [-0.15, -0.1) is 0 Å². The molecule has 11 heavy (non-hydrogen) atoms. The number of aliphatic imine (C=N–C) groups is 1. The van der Waals surface area contributed by atoms with Crippen LogP contribution in [0.4, 0.5) is 5.82 Å². The Labute approximate surface area is 61.1 Å². The number of hydrogen-bond donors (Lipinski definition) is 2. The molecule has 1 aliphatic rings. The van der Waals surface area contributed by atoms with E-state index < -0.39 is 11.0 Å². The molecule has 2 rings (SSSR count). The number of carbonyl (C=O) groups excluding carboxylic acids is 1. The highest BCUT2D eigenvalue weighted by molar-refractivity contribution is 5.95. The number of H-pyrrole nitrogens is 1. The fourth-order valence-corrected chi connectivity index (χ4v) is 0.854. The number of hydroxylamine groups is 2. The lowest BCUT2D eigenvalue weighted by atomic mass is 10.4. The van der Waals surface area contributed by atoms with Crippen molar-refractivity contribution in [1.82, 2.24) is 9.97 Å². The predicted octanol–water partition coefficient (Wildman–Crippen LogP) is -1.39. The van der Waals surface area contributed by atoms with Gasteiger partial charge in [-0.3, -0.25) is 5.06 Å². The molecular weight excluding hydrogens is 148 g/mol. The average molecular weight is 152 g/mol. The van der Waals surface area contributed by atoms with Crippen LogP contribution in [0, 0.1) is 5.21 Å². The molecule has 0 saturated heterocycles. The molecule has 6 heteroatoms. The minimum absolute atomic E-state index is 0.178. The van der Waals surface area contributed by atoms with Crippen molar-refractivity contribution in [3.05, 3.63) is 17.2 Å². The van der Waals surface area contributed by atoms with Crippen LogP contribution in [0.15, 0.2) is 11.3 Å². The van der Waals surface area contributed by atoms with Gasteiger partial charge in [-0.2, -0.15) is 4.99 Å². The largest absolute Gasteiger partial charge is 0.620 e. The summed E-state index contributed by atoms with van der Waals surface area (Å²) >= 11 is 0. The molecule has 6 nitrogen and oxygen atoms in total. The van der Waals surface area contributed by atoms with Crippen LogP contribution >= 0.6 is 0 Å². The fourth-order valence-electron chi connectivity index (χ4n) is 0.854. The third-order valence-electron chi connectivity index (χ3n) is 1.37. The van der Waals surface area contributed by atoms with E-state index in [2.05, 4.69) is 15.0 Å². The summed E-state index contributed by atoms with van der Waals surface area (Å²) in [5, 5.41) is 10.1. The number of quaternary nitrogens is 1. The molecule has 1 atom stereocenters. The minimum atomic E-state index is -0.609. The van der Waals surface area contributed by atoms with Crippen LogP contribution in [0.2, 0.25) is 0 Å². The summed E-state index contributed by atoms with van der Waals surface area (Å²) < 4.78 is 0. The maximum Gasteiger partial charge on any atom is 0.370 e. The predicted molar refractivity (Wildman–Crippen MR) is 35.4 cm³/mol. The van der Waals surface area contributed by atoms with E-state index >= 15 is 0 Å². The number of imidazole rings is 1. The molecule has 0 fully saturated rings. The second kappa shape index (κ2) is 1.97. The Balaban J connectivity index is 2.57. The number of nitrogens with zero attached hydrogens (tertiary/aromatic N) is 2. The van der Waals surface area contributed by atoms with Crippen molar-refractivity contribution >= 4 is 18.1 Å². The Morgan fingerprint density at radius 3 is 3.27 bits per heavy atom. The highest BCUT2D eigenvalue weighted by Crippen LogP contribution is 2.12. The normalized spacial score (nSPS) is 21.9. The smallest absolute Gasteiger partial charge is 0.370 e. The van der Waals surface area contributed by atoms with E-state index in [9.17, 15) is 10.0 Å². The summed E-state index contributed by atoms with van der Waals surface area (Å²) in [7, 11) is 0. The quantitative estimate of drug-likeness (QED) is 0.448. The minimum Gasteiger partial charge on any atom is -0.620 e. The Kier molecular flexibility index (Phi) is 1.11. The molecule has 0 saturated carbocycles. The Hall–Kier alpha value is -1.53. The maximum atomic E-state index is 11.0. The maximum absolute atomic E-state index is 11.0. The molecule has 0 bridgehead atoms. The lowest BCUT2D eigenvalue weighted by Gasteiger charge is -2.14. The van der Waals surface area contributed by atoms with Crippen LogP contribution in [0.25, 0.3) is 0 Å². The van der Waals surface area contributed by atoms with Crippen LogP contribution < -0.4 is 5.06 Å². The van der Waals surface area contributed by atoms with Crippen LogP contribution in [-0.4, -0.2) is 22.2 Å². The molecular formula is C5H4N4O2. The van der Waals surface area contributed by atoms with E-state index in [0.29, 0.717) is 0 Å². The Bertz CT molecular complexity index is 329. The molecule has 1 aliphatic heterocycles. The number of aromatic amines is 1. The zero-order valence-electron chi connectivity index (χ0n) is 5.37. The van der Waals surface area contributed by atoms with E-state index in [0.717, 1.165) is 6.34 Å². The van der Waals surface area contributed by atoms with E-state index in [-0.39, 0.29) is 11.5 Å². The molecule has 1 unspecified atom stereocenters. The highest BCUT2D eigenvalue weighted by atomic mass is 16.5. The second-order valence-electron chi connectivity index (χ2n) is 2.05. The standard InChI is InChI=1S/C5H4N4O2/c10-5-3-4(7-1-6-3)8-2-9(5)11/h1-2,9H,(H,6,7). The first kappa shape index (κ1) is 6.20. The molecule has 56 valence electrons. The van der Waals surface area contributed by atoms with Gasteiger partial charge in [0, 0.05) is 0 Å². The van der Waals surface area contributed by atoms with E-state index in [1.165, 1.54) is 6.33 Å². The summed E-state index contributed by atoms with van der Waals surface area (Å²) in [6, 6.07) is 0. The second-order valence-corrected chi connectivity index (χ2v) is 2.05. The lowest BCUT2D eigenvalue weighted by Crippen LogP contribution is -3.09. The third-order valence-corrected chi connectivity index (χ3v) is 1.37. The van der Waals surface area contributed by atoms with Crippen molar-refractivity contribution in [2.24, 2.45) is 4.99 Å². The van der Waals surface area contributed by atoms with E-state index in [1.54, 1.807) is 0 Å². The van der Waals surface area contributed by atoms with Gasteiger partial charge in [0.2, 0.25) is 0 Å². The summed E-state index contributed by atoms with van der Waals surface area (Å²) in [5.41, 5.74) is 0.178. The van der Waals surface area contributed by atoms with Crippen molar-refractivity contribution in [3.63, 3.8) is 0 Å². The van der Waals surface area contributed by atoms with Crippen LogP contribution in [-0.2, 0) is 0 Å². The molecule has 1 aromatic heterocycles. The first-order valence-electron chi connectivity index (χ1n) is 2.95. The van der Waals surface area contributed by atoms with Crippen LogP contribution in [0.3, 0.4) is 0 Å². The number of carbonyl (C=O) groups is 1. The summed E-state index contributed by atoms with van der Waals surface area (Å²) in [4.78, 5) is 20.9. The molecule has 0 spiro atoms. The SMILES string of the molecule is O=C1c2[nH]cnc2N=C[NH+]1[O-]. The molecule has 0 aromatic carbocycles. The van der Waals surface area contributed by atoms with E-state index in [1.807, 2.05) is 0 Å². The van der Waals surface area contributed by atoms with Crippen molar-refractivity contribution < 1.29 is 9.86 Å². The van der Waals surface area contributed by atoms with Gasteiger partial charge in [-0.1, -0.05) is 0 Å². The third kappa shape index (κ3) is 0.769. The van der Waals surface area contributed by atoms with Gasteiger partial charge >= 0.3 is 5.91 Å². The van der Waals surface area contributed by atoms with Gasteiger partial charge < -0.3 is 10.2 Å². The summed E-state index contributed by atoms with van der Waals surface area (Å²) in [6.45, 7) is 0.